The van der Waals surface area contributed by atoms with E-state index in [9.17, 15) is 19.5 Å². The van der Waals surface area contributed by atoms with Crippen LogP contribution < -0.4 is 16.0 Å². The number of carboxylic acid groups (broad SMARTS) is 1. The number of fused-ring (bicyclic) bond motifs is 4. The second-order valence-corrected chi connectivity index (χ2v) is 19.2. The highest BCUT2D eigenvalue weighted by Crippen LogP contribution is 2.63. The van der Waals surface area contributed by atoms with Gasteiger partial charge in [-0.15, -0.1) is 0 Å². The minimum absolute atomic E-state index is 0.0629. The molecule has 0 saturated heterocycles. The Morgan fingerprint density at radius 1 is 1.02 bits per heavy atom. The number of thiazole rings is 1. The number of likely N-dealkylation sites (N-methyl/N-ethyl adjacent to an activating group) is 1. The number of aliphatic imine (C=N–C) groups is 1. The number of carbonyl (C=O) groups excluding carboxylic acids is 2. The molecule has 2 fully saturated rings. The molecule has 7 rings (SSSR count). The maximum absolute atomic E-state index is 13.6. The van der Waals surface area contributed by atoms with E-state index in [4.69, 9.17) is 20.4 Å². The minimum Gasteiger partial charge on any atom is -0.476 e. The Labute approximate surface area is 344 Å². The van der Waals surface area contributed by atoms with Gasteiger partial charge in [-0.2, -0.15) is 0 Å². The molecule has 2 aliphatic carbocycles. The molecule has 3 aliphatic rings. The van der Waals surface area contributed by atoms with Crippen molar-refractivity contribution < 1.29 is 24.2 Å². The molecule has 0 spiro atoms. The largest absolute Gasteiger partial charge is 0.476 e. The Morgan fingerprint density at radius 3 is 2.55 bits per heavy atom. The van der Waals surface area contributed by atoms with Gasteiger partial charge in [0.1, 0.15) is 5.82 Å². The average Bonchev–Trinajstić information content (AvgIpc) is 3.57. The van der Waals surface area contributed by atoms with Crippen LogP contribution in [0.15, 0.2) is 65.8 Å². The Bertz CT molecular complexity index is 2270. The number of carbonyl (C=O) groups is 3. The number of nitrogens with two attached hydrogens (primary N) is 1. The first-order valence-corrected chi connectivity index (χ1v) is 20.8. The van der Waals surface area contributed by atoms with Gasteiger partial charge in [0.25, 0.3) is 5.91 Å². The van der Waals surface area contributed by atoms with Crippen molar-refractivity contribution in [3.8, 4) is 0 Å². The topological polar surface area (TPSA) is 163 Å². The first-order valence-electron chi connectivity index (χ1n) is 20.0. The number of hydrogen-bond donors (Lipinski definition) is 3. The summed E-state index contributed by atoms with van der Waals surface area (Å²) < 4.78 is 7.74. The van der Waals surface area contributed by atoms with Crippen molar-refractivity contribution in [1.29, 1.82) is 0 Å². The van der Waals surface area contributed by atoms with Crippen LogP contribution in [0.25, 0.3) is 15.8 Å². The number of para-hydroxylation sites is 1. The predicted octanol–water partition coefficient (Wildman–Crippen LogP) is 7.83. The maximum atomic E-state index is 13.6. The van der Waals surface area contributed by atoms with E-state index in [-0.39, 0.29) is 33.4 Å². The average molecular weight is 806 g/mol. The third-order valence-electron chi connectivity index (χ3n) is 12.1. The quantitative estimate of drug-likeness (QED) is 0.0903. The van der Waals surface area contributed by atoms with Crippen LogP contribution in [0.3, 0.4) is 0 Å². The Morgan fingerprint density at radius 2 is 1.81 bits per heavy atom. The van der Waals surface area contributed by atoms with Crippen LogP contribution in [-0.2, 0) is 22.5 Å². The fraction of sp³-hybridized carbons (Fsp3) is 0.467. The molecule has 12 nitrogen and oxygen atoms in total. The van der Waals surface area contributed by atoms with E-state index in [0.717, 1.165) is 59.9 Å². The zero-order chi connectivity index (χ0) is 41.5. The van der Waals surface area contributed by atoms with Crippen LogP contribution in [0.1, 0.15) is 104 Å². The second-order valence-electron chi connectivity index (χ2n) is 18.2. The van der Waals surface area contributed by atoms with Crippen LogP contribution in [-0.4, -0.2) is 82.9 Å². The van der Waals surface area contributed by atoms with Crippen molar-refractivity contribution >= 4 is 62.1 Å². The first-order chi connectivity index (χ1) is 27.5. The maximum Gasteiger partial charge on any atom is 0.355 e. The molecule has 1 aliphatic heterocycles. The molecule has 2 saturated carbocycles. The van der Waals surface area contributed by atoms with Crippen LogP contribution >= 0.6 is 11.3 Å². The fourth-order valence-corrected chi connectivity index (χ4v) is 11.6. The van der Waals surface area contributed by atoms with Crippen LogP contribution in [0.5, 0.6) is 0 Å². The standard InChI is InChI=1S/C45H55N7O5S/c1-29(47-27-44(5)24-43(4)22-42(2,3)23-45(25-43,26-44)57-19-18-51(6)28-53)33(20-46)31-14-15-37(49-38(31)40(55)56)52-17-16-30-10-9-11-32(34(30)21-52)39(54)50-41-48-35-12-7-8-13-36(35)58-41/h7-15,20,28H,16-19,21-27,46H2,1-6H3,(H,55,56)(H,48,50,54). The lowest BCUT2D eigenvalue weighted by atomic mass is 9.48. The first kappa shape index (κ1) is 41.0. The number of anilines is 2. The number of nitrogens with one attached hydrogen (secondary N) is 1. The summed E-state index contributed by atoms with van der Waals surface area (Å²) in [6.07, 6.45) is 7.75. The second kappa shape index (κ2) is 15.9. The molecule has 2 bridgehead atoms. The van der Waals surface area contributed by atoms with Crippen LogP contribution in [0, 0.1) is 16.2 Å². The fourth-order valence-electron chi connectivity index (χ4n) is 10.7. The van der Waals surface area contributed by atoms with Gasteiger partial charge in [0.05, 0.1) is 22.4 Å². The van der Waals surface area contributed by atoms with Gasteiger partial charge in [-0.05, 0) is 103 Å². The third-order valence-corrected chi connectivity index (χ3v) is 13.0. The molecule has 58 heavy (non-hydrogen) atoms. The predicted molar refractivity (Wildman–Crippen MR) is 231 cm³/mol. The van der Waals surface area contributed by atoms with E-state index in [1.54, 1.807) is 18.0 Å². The number of aromatic nitrogens is 2. The van der Waals surface area contributed by atoms with Gasteiger partial charge in [0.15, 0.2) is 10.8 Å². The summed E-state index contributed by atoms with van der Waals surface area (Å²) in [6.45, 7) is 13.7. The summed E-state index contributed by atoms with van der Waals surface area (Å²) in [7, 11) is 1.77. The zero-order valence-electron chi connectivity index (χ0n) is 34.4. The lowest BCUT2D eigenvalue weighted by molar-refractivity contribution is -0.190. The van der Waals surface area contributed by atoms with E-state index >= 15 is 0 Å². The van der Waals surface area contributed by atoms with Crippen molar-refractivity contribution in [3.63, 3.8) is 0 Å². The number of allylic oxidation sites excluding steroid dienone is 1. The number of nitrogens with zero attached hydrogens (tertiary/aromatic N) is 5. The Kier molecular flexibility index (Phi) is 11.2. The van der Waals surface area contributed by atoms with Gasteiger partial charge in [0.2, 0.25) is 6.41 Å². The molecule has 4 N–H and O–H groups in total. The van der Waals surface area contributed by atoms with Gasteiger partial charge in [-0.3, -0.25) is 19.9 Å². The number of pyridine rings is 1. The van der Waals surface area contributed by atoms with Gasteiger partial charge in [0, 0.05) is 61.8 Å². The van der Waals surface area contributed by atoms with E-state index in [1.807, 2.05) is 60.4 Å². The van der Waals surface area contributed by atoms with Crippen molar-refractivity contribution in [3.05, 3.63) is 88.7 Å². The summed E-state index contributed by atoms with van der Waals surface area (Å²) in [4.78, 5) is 55.7. The van der Waals surface area contributed by atoms with Crippen molar-refractivity contribution in [2.45, 2.75) is 85.3 Å². The van der Waals surface area contributed by atoms with Crippen molar-refractivity contribution in [2.75, 3.05) is 43.5 Å². The number of hydrogen-bond acceptors (Lipinski definition) is 10. The minimum atomic E-state index is -1.17. The smallest absolute Gasteiger partial charge is 0.355 e. The van der Waals surface area contributed by atoms with E-state index in [2.05, 4.69) is 38.0 Å². The molecule has 0 radical (unpaired) electrons. The molecule has 2 amide bonds. The number of carboxylic acids is 1. The lowest BCUT2D eigenvalue weighted by Gasteiger charge is -2.61. The summed E-state index contributed by atoms with van der Waals surface area (Å²) >= 11 is 1.43. The molecule has 306 valence electrons. The molecular formula is C45H55N7O5S. The van der Waals surface area contributed by atoms with E-state index < -0.39 is 5.97 Å². The van der Waals surface area contributed by atoms with E-state index in [0.29, 0.717) is 72.6 Å². The van der Waals surface area contributed by atoms with Gasteiger partial charge in [-0.1, -0.05) is 63.3 Å². The number of aromatic carboxylic acids is 1. The Hall–Kier alpha value is -5.14. The number of amides is 2. The third kappa shape index (κ3) is 8.66. The summed E-state index contributed by atoms with van der Waals surface area (Å²) in [6, 6.07) is 17.1. The molecule has 3 unspecified atom stereocenters. The number of benzene rings is 2. The molecule has 3 heterocycles. The summed E-state index contributed by atoms with van der Waals surface area (Å²) in [5, 5.41) is 14.0. The van der Waals surface area contributed by atoms with Gasteiger partial charge >= 0.3 is 5.97 Å². The number of rotatable bonds is 13. The summed E-state index contributed by atoms with van der Waals surface area (Å²) in [5.41, 5.74) is 10.7. The van der Waals surface area contributed by atoms with Gasteiger partial charge in [-0.25, -0.2) is 14.8 Å². The highest BCUT2D eigenvalue weighted by molar-refractivity contribution is 7.22. The molecule has 2 aromatic heterocycles. The molecule has 4 aromatic rings. The monoisotopic (exact) mass is 805 g/mol. The van der Waals surface area contributed by atoms with Crippen LogP contribution in [0.4, 0.5) is 10.9 Å². The molecular weight excluding hydrogens is 751 g/mol. The summed E-state index contributed by atoms with van der Waals surface area (Å²) in [5.74, 6) is -0.909. The van der Waals surface area contributed by atoms with Gasteiger partial charge < -0.3 is 25.4 Å². The molecule has 13 heteroatoms. The molecule has 2 aromatic carbocycles. The highest BCUT2D eigenvalue weighted by atomic mass is 32.1. The Balaban J connectivity index is 1.09. The van der Waals surface area contributed by atoms with Crippen LogP contribution in [0.2, 0.25) is 0 Å². The highest BCUT2D eigenvalue weighted by Gasteiger charge is 2.58. The SMILES string of the molecule is CC(=NCC1(C)CC2(C)CC(C)(C)CC(OCCN(C)C=O)(C1)C2)C(=CN)c1ccc(N2CCc3cccc(C(=O)Nc4nc5ccccc5s4)c3C2)nc1C(=O)O. The van der Waals surface area contributed by atoms with E-state index in [1.165, 1.54) is 17.5 Å². The zero-order valence-corrected chi connectivity index (χ0v) is 35.2. The van der Waals surface area contributed by atoms with Crippen molar-refractivity contribution in [1.82, 2.24) is 14.9 Å². The molecule has 3 atom stereocenters. The normalized spacial score (nSPS) is 24.3. The number of ether oxygens (including phenoxy) is 1. The lowest BCUT2D eigenvalue weighted by Crippen LogP contribution is -2.57. The van der Waals surface area contributed by atoms with Crippen molar-refractivity contribution in [2.24, 2.45) is 27.0 Å².